The number of halogens is 1. The van der Waals surface area contributed by atoms with Gasteiger partial charge in [-0.1, -0.05) is 6.07 Å². The standard InChI is InChI=1S/C22H16FN3O5S2/c1-25(33(30,31)19-8-5-15(23)6-9-19)17-7-10-20-14(11-17)12-21(32-20)22(27)24-16-3-2-4-18(13-16)26(28)29/h2-13H,1H3,(H,24,27). The van der Waals surface area contributed by atoms with E-state index in [0.717, 1.165) is 21.1 Å². The average Bonchev–Trinajstić information content (AvgIpc) is 3.22. The summed E-state index contributed by atoms with van der Waals surface area (Å²) in [5.74, 6) is -0.974. The van der Waals surface area contributed by atoms with E-state index in [-0.39, 0.29) is 16.3 Å². The summed E-state index contributed by atoms with van der Waals surface area (Å²) >= 11 is 1.21. The second kappa shape index (κ2) is 8.60. The quantitative estimate of drug-likeness (QED) is 0.304. The molecule has 0 aliphatic rings. The summed E-state index contributed by atoms with van der Waals surface area (Å²) in [5.41, 5.74) is 0.520. The number of nitro groups is 1. The minimum Gasteiger partial charge on any atom is -0.321 e. The van der Waals surface area contributed by atoms with Crippen molar-refractivity contribution in [3.63, 3.8) is 0 Å². The first-order chi connectivity index (χ1) is 15.6. The van der Waals surface area contributed by atoms with E-state index in [2.05, 4.69) is 5.32 Å². The van der Waals surface area contributed by atoms with Crippen LogP contribution in [0.2, 0.25) is 0 Å². The molecule has 168 valence electrons. The predicted octanol–water partition coefficient (Wildman–Crippen LogP) is 5.03. The van der Waals surface area contributed by atoms with Gasteiger partial charge in [0.15, 0.2) is 0 Å². The highest BCUT2D eigenvalue weighted by Crippen LogP contribution is 2.32. The van der Waals surface area contributed by atoms with Gasteiger partial charge >= 0.3 is 0 Å². The Balaban J connectivity index is 1.59. The third kappa shape index (κ3) is 4.54. The zero-order chi connectivity index (χ0) is 23.8. The third-order valence-corrected chi connectivity index (χ3v) is 7.79. The highest BCUT2D eigenvalue weighted by Gasteiger charge is 2.22. The molecule has 1 amide bonds. The van der Waals surface area contributed by atoms with Gasteiger partial charge in [0.1, 0.15) is 5.82 Å². The average molecular weight is 486 g/mol. The summed E-state index contributed by atoms with van der Waals surface area (Å²) < 4.78 is 40.7. The number of anilines is 2. The van der Waals surface area contributed by atoms with Crippen LogP contribution in [0, 0.1) is 15.9 Å². The van der Waals surface area contributed by atoms with Crippen LogP contribution < -0.4 is 9.62 Å². The summed E-state index contributed by atoms with van der Waals surface area (Å²) in [7, 11) is -2.51. The normalized spacial score (nSPS) is 11.3. The number of thiophene rings is 1. The molecular formula is C22H16FN3O5S2. The Bertz CT molecular complexity index is 1480. The van der Waals surface area contributed by atoms with Gasteiger partial charge in [-0.05, 0) is 60.0 Å². The van der Waals surface area contributed by atoms with Crippen LogP contribution in [0.1, 0.15) is 9.67 Å². The first kappa shape index (κ1) is 22.4. The van der Waals surface area contributed by atoms with Crippen molar-refractivity contribution in [2.45, 2.75) is 4.90 Å². The number of non-ortho nitro benzene ring substituents is 1. The Labute approximate surface area is 192 Å². The van der Waals surface area contributed by atoms with E-state index in [1.54, 1.807) is 30.3 Å². The van der Waals surface area contributed by atoms with Gasteiger partial charge in [0, 0.05) is 29.6 Å². The molecule has 0 unspecified atom stereocenters. The molecule has 0 bridgehead atoms. The largest absolute Gasteiger partial charge is 0.321 e. The molecule has 0 aliphatic heterocycles. The minimum atomic E-state index is -3.90. The molecule has 3 aromatic carbocycles. The fraction of sp³-hybridized carbons (Fsp3) is 0.0455. The molecule has 0 fully saturated rings. The third-order valence-electron chi connectivity index (χ3n) is 4.87. The predicted molar refractivity (Wildman–Crippen MR) is 125 cm³/mol. The van der Waals surface area contributed by atoms with Crippen LogP contribution in [-0.2, 0) is 10.0 Å². The molecule has 4 aromatic rings. The molecule has 0 atom stereocenters. The van der Waals surface area contributed by atoms with Gasteiger partial charge in [0.05, 0.1) is 20.4 Å². The Morgan fingerprint density at radius 3 is 2.48 bits per heavy atom. The van der Waals surface area contributed by atoms with Crippen molar-refractivity contribution in [2.24, 2.45) is 0 Å². The van der Waals surface area contributed by atoms with Crippen LogP contribution in [0.25, 0.3) is 10.1 Å². The second-order valence-corrected chi connectivity index (χ2v) is 10.1. The van der Waals surface area contributed by atoms with Crippen LogP contribution in [0.5, 0.6) is 0 Å². The Hall–Kier alpha value is -3.83. The lowest BCUT2D eigenvalue weighted by Gasteiger charge is -2.19. The van der Waals surface area contributed by atoms with Crippen molar-refractivity contribution in [1.29, 1.82) is 0 Å². The number of sulfonamides is 1. The van der Waals surface area contributed by atoms with Crippen molar-refractivity contribution < 1.29 is 22.5 Å². The number of nitro benzene ring substituents is 1. The number of carbonyl (C=O) groups is 1. The van der Waals surface area contributed by atoms with Gasteiger partial charge in [-0.25, -0.2) is 12.8 Å². The summed E-state index contributed by atoms with van der Waals surface area (Å²) in [6, 6.07) is 16.7. The Morgan fingerprint density at radius 2 is 1.79 bits per heavy atom. The second-order valence-electron chi connectivity index (χ2n) is 7.02. The van der Waals surface area contributed by atoms with Gasteiger partial charge < -0.3 is 5.32 Å². The lowest BCUT2D eigenvalue weighted by atomic mass is 10.2. The fourth-order valence-corrected chi connectivity index (χ4v) is 5.26. The summed E-state index contributed by atoms with van der Waals surface area (Å²) in [4.78, 5) is 23.3. The number of nitrogens with one attached hydrogen (secondary N) is 1. The maximum absolute atomic E-state index is 13.2. The maximum atomic E-state index is 13.2. The van der Waals surface area contributed by atoms with Crippen molar-refractivity contribution in [2.75, 3.05) is 16.7 Å². The van der Waals surface area contributed by atoms with Crippen molar-refractivity contribution >= 4 is 54.4 Å². The van der Waals surface area contributed by atoms with Gasteiger partial charge in [-0.15, -0.1) is 11.3 Å². The summed E-state index contributed by atoms with van der Waals surface area (Å²) in [6.07, 6.45) is 0. The number of nitrogens with zero attached hydrogens (tertiary/aromatic N) is 2. The SMILES string of the molecule is CN(c1ccc2sc(C(=O)Nc3cccc([N+](=O)[O-])c3)cc2c1)S(=O)(=O)c1ccc(F)cc1. The van der Waals surface area contributed by atoms with Gasteiger partial charge in [0.25, 0.3) is 21.6 Å². The molecule has 1 aromatic heterocycles. The smallest absolute Gasteiger partial charge is 0.271 e. The van der Waals surface area contributed by atoms with E-state index in [1.807, 2.05) is 0 Å². The van der Waals surface area contributed by atoms with Gasteiger partial charge in [0.2, 0.25) is 0 Å². The lowest BCUT2D eigenvalue weighted by molar-refractivity contribution is -0.384. The first-order valence-corrected chi connectivity index (χ1v) is 11.7. The molecule has 0 spiro atoms. The van der Waals surface area contributed by atoms with E-state index < -0.39 is 26.7 Å². The molecule has 1 heterocycles. The Kier molecular flexibility index (Phi) is 5.83. The van der Waals surface area contributed by atoms with E-state index in [9.17, 15) is 27.7 Å². The monoisotopic (exact) mass is 485 g/mol. The molecule has 1 N–H and O–H groups in total. The van der Waals surface area contributed by atoms with E-state index in [1.165, 1.54) is 48.7 Å². The minimum absolute atomic E-state index is 0.0474. The fourth-order valence-electron chi connectivity index (χ4n) is 3.13. The molecule has 33 heavy (non-hydrogen) atoms. The van der Waals surface area contributed by atoms with Crippen molar-refractivity contribution in [3.8, 4) is 0 Å². The molecule has 0 aliphatic carbocycles. The summed E-state index contributed by atoms with van der Waals surface area (Å²) in [6.45, 7) is 0. The first-order valence-electron chi connectivity index (χ1n) is 9.49. The molecule has 0 radical (unpaired) electrons. The van der Waals surface area contributed by atoms with Gasteiger partial charge in [-0.2, -0.15) is 0 Å². The lowest BCUT2D eigenvalue weighted by Crippen LogP contribution is -2.26. The number of amides is 1. The number of fused-ring (bicyclic) bond motifs is 1. The molecule has 8 nitrogen and oxygen atoms in total. The number of rotatable bonds is 6. The number of hydrogen-bond donors (Lipinski definition) is 1. The van der Waals surface area contributed by atoms with E-state index in [0.29, 0.717) is 16.0 Å². The number of hydrogen-bond acceptors (Lipinski definition) is 6. The zero-order valence-electron chi connectivity index (χ0n) is 17.1. The zero-order valence-corrected chi connectivity index (χ0v) is 18.7. The van der Waals surface area contributed by atoms with Gasteiger partial charge in [-0.3, -0.25) is 19.2 Å². The molecule has 4 rings (SSSR count). The summed E-state index contributed by atoms with van der Waals surface area (Å²) in [5, 5.41) is 14.2. The molecule has 0 saturated heterocycles. The van der Waals surface area contributed by atoms with Crippen molar-refractivity contribution in [3.05, 3.63) is 93.6 Å². The van der Waals surface area contributed by atoms with Crippen LogP contribution in [0.4, 0.5) is 21.5 Å². The van der Waals surface area contributed by atoms with Crippen molar-refractivity contribution in [1.82, 2.24) is 0 Å². The molecular weight excluding hydrogens is 469 g/mol. The number of benzene rings is 3. The highest BCUT2D eigenvalue weighted by molar-refractivity contribution is 7.92. The Morgan fingerprint density at radius 1 is 1.06 bits per heavy atom. The van der Waals surface area contributed by atoms with E-state index >= 15 is 0 Å². The maximum Gasteiger partial charge on any atom is 0.271 e. The highest BCUT2D eigenvalue weighted by atomic mass is 32.2. The van der Waals surface area contributed by atoms with E-state index in [4.69, 9.17) is 0 Å². The van der Waals surface area contributed by atoms with Crippen LogP contribution in [0.3, 0.4) is 0 Å². The van der Waals surface area contributed by atoms with Crippen LogP contribution in [-0.4, -0.2) is 26.3 Å². The topological polar surface area (TPSA) is 110 Å². The molecule has 11 heteroatoms. The van der Waals surface area contributed by atoms with Crippen LogP contribution in [0.15, 0.2) is 77.7 Å². The van der Waals surface area contributed by atoms with Crippen LogP contribution >= 0.6 is 11.3 Å². The number of carbonyl (C=O) groups excluding carboxylic acids is 1. The molecule has 0 saturated carbocycles.